The zero-order chi connectivity index (χ0) is 17.0. The molecule has 0 atom stereocenters. The zero-order valence-corrected chi connectivity index (χ0v) is 19.7. The van der Waals surface area contributed by atoms with Gasteiger partial charge in [0.1, 0.15) is 0 Å². The number of aryl methyl sites for hydroxylation is 4. The average Bonchev–Trinajstić information content (AvgIpc) is 2.47. The van der Waals surface area contributed by atoms with Crippen molar-refractivity contribution >= 4 is 49.1 Å². The Morgan fingerprint density at radius 2 is 1.22 bits per heavy atom. The average molecular weight is 494 g/mol. The molecule has 2 heterocycles. The number of halogens is 2. The van der Waals surface area contributed by atoms with Crippen LogP contribution in [0, 0.1) is 13.8 Å². The Kier molecular flexibility index (Phi) is 7.41. The predicted molar refractivity (Wildman–Crippen MR) is 106 cm³/mol. The molecule has 2 aromatic heterocycles. The number of hydrogen-bond donors (Lipinski definition) is 0. The van der Waals surface area contributed by atoms with Gasteiger partial charge >= 0.3 is 156 Å². The molecule has 0 aliphatic carbocycles. The molecule has 2 aromatic rings. The van der Waals surface area contributed by atoms with Crippen LogP contribution in [0.3, 0.4) is 0 Å². The molecule has 0 aliphatic rings. The van der Waals surface area contributed by atoms with Gasteiger partial charge in [0.2, 0.25) is 0 Å². The van der Waals surface area contributed by atoms with Crippen LogP contribution < -0.4 is 0 Å². The van der Waals surface area contributed by atoms with Crippen molar-refractivity contribution in [3.63, 3.8) is 0 Å². The second-order valence-corrected chi connectivity index (χ2v) is 37.4. The fourth-order valence-corrected chi connectivity index (χ4v) is 20.8. The van der Waals surface area contributed by atoms with Crippen molar-refractivity contribution < 1.29 is 0 Å². The van der Waals surface area contributed by atoms with E-state index in [1.807, 2.05) is 26.0 Å². The van der Waals surface area contributed by atoms with Gasteiger partial charge in [0.15, 0.2) is 0 Å². The zero-order valence-electron chi connectivity index (χ0n) is 13.7. The third-order valence-electron chi connectivity index (χ3n) is 3.35. The Labute approximate surface area is 155 Å². The van der Waals surface area contributed by atoms with Crippen molar-refractivity contribution in [2.24, 2.45) is 0 Å². The van der Waals surface area contributed by atoms with E-state index in [0.29, 0.717) is 0 Å². The SMILES string of the molecule is CCc1ccc(C)nc1[S][Sn]([Cl])([Cl])[S]c1nc(C)ccc1CC. The van der Waals surface area contributed by atoms with Gasteiger partial charge in [0.05, 0.1) is 0 Å². The summed E-state index contributed by atoms with van der Waals surface area (Å²) < 4.78 is 0. The molecule has 0 bridgehead atoms. The van der Waals surface area contributed by atoms with Crippen LogP contribution in [-0.2, 0) is 12.8 Å². The monoisotopic (exact) mass is 494 g/mol. The molecule has 0 fully saturated rings. The molecular formula is C16H20Cl2N2S2Sn. The number of hydrogen-bond acceptors (Lipinski definition) is 4. The maximum absolute atomic E-state index is 6.79. The maximum atomic E-state index is 6.79. The van der Waals surface area contributed by atoms with Crippen molar-refractivity contribution in [3.05, 3.63) is 46.8 Å². The predicted octanol–water partition coefficient (Wildman–Crippen LogP) is 6.02. The van der Waals surface area contributed by atoms with Crippen molar-refractivity contribution in [2.75, 3.05) is 0 Å². The van der Waals surface area contributed by atoms with Crippen LogP contribution in [0.25, 0.3) is 0 Å². The molecule has 2 nitrogen and oxygen atoms in total. The van der Waals surface area contributed by atoms with Gasteiger partial charge in [0, 0.05) is 0 Å². The summed E-state index contributed by atoms with van der Waals surface area (Å²) in [7, 11) is 16.7. The topological polar surface area (TPSA) is 25.8 Å². The van der Waals surface area contributed by atoms with E-state index in [9.17, 15) is 0 Å². The number of pyridine rings is 2. The van der Waals surface area contributed by atoms with Gasteiger partial charge in [-0.15, -0.1) is 0 Å². The second kappa shape index (κ2) is 8.65. The number of aromatic nitrogens is 2. The van der Waals surface area contributed by atoms with Crippen LogP contribution in [0.15, 0.2) is 34.3 Å². The Balaban J connectivity index is 2.26. The van der Waals surface area contributed by atoms with Gasteiger partial charge in [-0.3, -0.25) is 0 Å². The molecule has 0 saturated carbocycles. The van der Waals surface area contributed by atoms with E-state index in [-0.39, 0.29) is 0 Å². The van der Waals surface area contributed by atoms with Gasteiger partial charge in [-0.1, -0.05) is 0 Å². The summed E-state index contributed by atoms with van der Waals surface area (Å²) in [6, 6.07) is 8.31. The first kappa shape index (κ1) is 19.7. The molecule has 0 amide bonds. The molecule has 0 aliphatic heterocycles. The second-order valence-electron chi connectivity index (χ2n) is 5.21. The minimum absolute atomic E-state index is 0.929. The van der Waals surface area contributed by atoms with Crippen LogP contribution in [0.1, 0.15) is 36.4 Å². The first-order chi connectivity index (χ1) is 10.8. The van der Waals surface area contributed by atoms with Crippen LogP contribution in [-0.4, -0.2) is 23.3 Å². The Hall–Kier alpha value is 0.379. The van der Waals surface area contributed by atoms with Crippen LogP contribution in [0.4, 0.5) is 0 Å². The van der Waals surface area contributed by atoms with E-state index >= 15 is 0 Å². The van der Waals surface area contributed by atoms with Crippen molar-refractivity contribution in [1.29, 1.82) is 0 Å². The molecule has 7 heteroatoms. The molecule has 0 radical (unpaired) electrons. The van der Waals surface area contributed by atoms with E-state index in [1.165, 1.54) is 11.1 Å². The molecule has 0 aromatic carbocycles. The summed E-state index contributed by atoms with van der Waals surface area (Å²) >= 11 is -3.49. The Bertz CT molecular complexity index is 638. The van der Waals surface area contributed by atoms with Gasteiger partial charge < -0.3 is 0 Å². The van der Waals surface area contributed by atoms with E-state index in [1.54, 1.807) is 17.9 Å². The first-order valence-corrected chi connectivity index (χ1v) is 23.4. The summed E-state index contributed by atoms with van der Waals surface area (Å²) in [6.07, 6.45) is 1.86. The van der Waals surface area contributed by atoms with Gasteiger partial charge in [0.25, 0.3) is 0 Å². The molecule has 0 spiro atoms. The first-order valence-electron chi connectivity index (χ1n) is 7.53. The van der Waals surface area contributed by atoms with Gasteiger partial charge in [-0.25, -0.2) is 0 Å². The third kappa shape index (κ3) is 5.70. The summed E-state index contributed by atoms with van der Waals surface area (Å²) in [4.78, 5) is 9.29. The molecule has 2 rings (SSSR count). The quantitative estimate of drug-likeness (QED) is 0.460. The summed E-state index contributed by atoms with van der Waals surface area (Å²) in [6.45, 7) is 8.24. The Morgan fingerprint density at radius 1 is 0.826 bits per heavy atom. The molecular weight excluding hydrogens is 474 g/mol. The fraction of sp³-hybridized carbons (Fsp3) is 0.375. The molecule has 23 heavy (non-hydrogen) atoms. The van der Waals surface area contributed by atoms with Crippen molar-refractivity contribution in [1.82, 2.24) is 9.97 Å². The normalized spacial score (nSPS) is 11.7. The van der Waals surface area contributed by atoms with Crippen molar-refractivity contribution in [3.8, 4) is 0 Å². The molecule has 0 unspecified atom stereocenters. The van der Waals surface area contributed by atoms with E-state index < -0.39 is 13.4 Å². The molecule has 0 N–H and O–H groups in total. The van der Waals surface area contributed by atoms with Crippen LogP contribution in [0.2, 0.25) is 0 Å². The van der Waals surface area contributed by atoms with Gasteiger partial charge in [-0.2, -0.15) is 0 Å². The van der Waals surface area contributed by atoms with Crippen LogP contribution >= 0.6 is 35.7 Å². The third-order valence-corrected chi connectivity index (χ3v) is 21.9. The van der Waals surface area contributed by atoms with E-state index in [4.69, 9.17) is 17.8 Å². The number of rotatable bonds is 6. The number of nitrogens with zero attached hydrogens (tertiary/aromatic N) is 2. The summed E-state index contributed by atoms with van der Waals surface area (Å²) in [5.41, 5.74) is 4.40. The van der Waals surface area contributed by atoms with E-state index in [2.05, 4.69) is 35.9 Å². The summed E-state index contributed by atoms with van der Waals surface area (Å²) in [5, 5.41) is 1.96. The summed E-state index contributed by atoms with van der Waals surface area (Å²) in [5.74, 6) is 0. The van der Waals surface area contributed by atoms with Crippen LogP contribution in [0.5, 0.6) is 0 Å². The van der Waals surface area contributed by atoms with E-state index in [0.717, 1.165) is 34.3 Å². The minimum atomic E-state index is -3.49. The standard InChI is InChI=1S/2C8H11NS.2ClH.Sn/c2*1-3-7-5-4-6(2)9-8(7)10;;;/h2*4-5H,3H2,1-2H3,(H,9,10);2*1H;/q;;;;+4/p-4. The Morgan fingerprint density at radius 3 is 1.57 bits per heavy atom. The van der Waals surface area contributed by atoms with Crippen molar-refractivity contribution in [2.45, 2.75) is 50.6 Å². The molecule has 0 saturated heterocycles. The fourth-order valence-electron chi connectivity index (χ4n) is 2.08. The van der Waals surface area contributed by atoms with Gasteiger partial charge in [-0.05, 0) is 0 Å². The molecule has 124 valence electrons.